The van der Waals surface area contributed by atoms with Gasteiger partial charge in [-0.3, -0.25) is 0 Å². The van der Waals surface area contributed by atoms with E-state index in [9.17, 15) is 22.0 Å². The highest BCUT2D eigenvalue weighted by molar-refractivity contribution is 7.90. The number of halogens is 2. The second-order valence-corrected chi connectivity index (χ2v) is 10.7. The van der Waals surface area contributed by atoms with Crippen LogP contribution in [0.5, 0.6) is 0 Å². The molecule has 0 aromatic carbocycles. The molecule has 2 saturated heterocycles. The summed E-state index contributed by atoms with van der Waals surface area (Å²) in [4.78, 5) is 13.1. The quantitative estimate of drug-likeness (QED) is 0.713. The lowest BCUT2D eigenvalue weighted by Gasteiger charge is -2.41. The summed E-state index contributed by atoms with van der Waals surface area (Å²) in [5.41, 5.74) is -0.805. The number of hydrogen-bond donors (Lipinski definition) is 0. The Morgan fingerprint density at radius 2 is 1.83 bits per heavy atom. The predicted molar refractivity (Wildman–Crippen MR) is 85.5 cm³/mol. The molecule has 2 heterocycles. The number of piperidine rings is 1. The number of alkyl halides is 2. The second kappa shape index (κ2) is 5.79. The van der Waals surface area contributed by atoms with Gasteiger partial charge in [-0.1, -0.05) is 0 Å². The van der Waals surface area contributed by atoms with Crippen molar-refractivity contribution in [3.63, 3.8) is 0 Å². The Morgan fingerprint density at radius 3 is 2.29 bits per heavy atom. The fourth-order valence-corrected chi connectivity index (χ4v) is 4.90. The van der Waals surface area contributed by atoms with Gasteiger partial charge in [-0.15, -0.1) is 0 Å². The van der Waals surface area contributed by atoms with Gasteiger partial charge in [0.1, 0.15) is 5.60 Å². The Kier molecular flexibility index (Phi) is 4.67. The highest BCUT2D eigenvalue weighted by atomic mass is 32.2. The maximum atomic E-state index is 14.1. The Morgan fingerprint density at radius 1 is 1.25 bits per heavy atom. The lowest BCUT2D eigenvalue weighted by Crippen LogP contribution is -2.58. The van der Waals surface area contributed by atoms with Crippen molar-refractivity contribution in [2.45, 2.75) is 69.8 Å². The molecule has 0 bridgehead atoms. The van der Waals surface area contributed by atoms with E-state index in [1.54, 1.807) is 34.6 Å². The first-order valence-corrected chi connectivity index (χ1v) is 9.46. The van der Waals surface area contributed by atoms with Crippen molar-refractivity contribution in [2.24, 2.45) is 0 Å². The minimum absolute atomic E-state index is 0.0835. The number of rotatable bonds is 1. The summed E-state index contributed by atoms with van der Waals surface area (Å²) in [6, 6.07) is -0.937. The zero-order valence-corrected chi connectivity index (χ0v) is 15.6. The van der Waals surface area contributed by atoms with Crippen molar-refractivity contribution in [1.82, 2.24) is 9.21 Å². The van der Waals surface area contributed by atoms with Crippen LogP contribution in [0.2, 0.25) is 0 Å². The highest BCUT2D eigenvalue weighted by Crippen LogP contribution is 2.38. The lowest BCUT2D eigenvalue weighted by molar-refractivity contribution is -0.0861. The number of likely N-dealkylation sites (tertiary alicyclic amines) is 1. The van der Waals surface area contributed by atoms with Gasteiger partial charge in [-0.05, 0) is 41.0 Å². The molecule has 2 aliphatic rings. The van der Waals surface area contributed by atoms with Crippen molar-refractivity contribution in [2.75, 3.05) is 19.6 Å². The van der Waals surface area contributed by atoms with Crippen molar-refractivity contribution in [3.05, 3.63) is 0 Å². The van der Waals surface area contributed by atoms with Crippen molar-refractivity contribution >= 4 is 16.1 Å². The Hall–Kier alpha value is -0.960. The fourth-order valence-electron chi connectivity index (χ4n) is 3.06. The minimum Gasteiger partial charge on any atom is -0.444 e. The van der Waals surface area contributed by atoms with Gasteiger partial charge >= 0.3 is 6.09 Å². The minimum atomic E-state index is -3.68. The number of nitrogens with zero attached hydrogens (tertiary/aromatic N) is 2. The first-order valence-electron chi connectivity index (χ1n) is 8.02. The van der Waals surface area contributed by atoms with Crippen LogP contribution in [0.15, 0.2) is 0 Å². The molecule has 0 radical (unpaired) electrons. The monoisotopic (exact) mass is 368 g/mol. The molecule has 140 valence electrons. The van der Waals surface area contributed by atoms with Crippen LogP contribution in [0.4, 0.5) is 13.6 Å². The Bertz CT molecular complexity index is 613. The van der Waals surface area contributed by atoms with Gasteiger partial charge in [0.2, 0.25) is 10.0 Å². The highest BCUT2D eigenvalue weighted by Gasteiger charge is 2.53. The maximum absolute atomic E-state index is 14.1. The lowest BCUT2D eigenvalue weighted by atomic mass is 10.0. The van der Waals surface area contributed by atoms with Crippen molar-refractivity contribution in [3.8, 4) is 0 Å². The predicted octanol–water partition coefficient (Wildman–Crippen LogP) is 2.45. The van der Waals surface area contributed by atoms with Crippen LogP contribution in [0.1, 0.15) is 47.5 Å². The van der Waals surface area contributed by atoms with Crippen molar-refractivity contribution in [1.29, 1.82) is 0 Å². The molecule has 1 atom stereocenters. The first kappa shape index (κ1) is 19.4. The topological polar surface area (TPSA) is 66.9 Å². The molecular formula is C15H26F2N2O4S. The Labute approximate surface area is 142 Å². The van der Waals surface area contributed by atoms with E-state index in [1.807, 2.05) is 0 Å². The number of sulfonamides is 1. The molecule has 0 N–H and O–H groups in total. The zero-order chi connectivity index (χ0) is 18.6. The third-order valence-corrected chi connectivity index (χ3v) is 7.09. The van der Waals surface area contributed by atoms with Crippen LogP contribution >= 0.6 is 0 Å². The van der Waals surface area contributed by atoms with E-state index >= 15 is 0 Å². The molecule has 2 fully saturated rings. The molecule has 0 spiro atoms. The summed E-state index contributed by atoms with van der Waals surface area (Å²) >= 11 is 0. The summed E-state index contributed by atoms with van der Waals surface area (Å²) in [7, 11) is -3.68. The van der Waals surface area contributed by atoms with E-state index < -0.39 is 51.4 Å². The molecule has 0 aromatic rings. The van der Waals surface area contributed by atoms with Gasteiger partial charge in [-0.25, -0.2) is 22.0 Å². The molecule has 0 unspecified atom stereocenters. The Balaban J connectivity index is 2.22. The van der Waals surface area contributed by atoms with E-state index in [0.29, 0.717) is 6.42 Å². The second-order valence-electron chi connectivity index (χ2n) is 8.20. The van der Waals surface area contributed by atoms with E-state index in [0.717, 1.165) is 9.21 Å². The molecule has 2 rings (SSSR count). The van der Waals surface area contributed by atoms with Crippen LogP contribution in [-0.2, 0) is 14.8 Å². The smallest absolute Gasteiger partial charge is 0.410 e. The fraction of sp³-hybridized carbons (Fsp3) is 0.933. The van der Waals surface area contributed by atoms with E-state index in [2.05, 4.69) is 0 Å². The largest absolute Gasteiger partial charge is 0.444 e. The standard InChI is InChI=1S/C15H26F2N2O4S/c1-13(2,3)23-12(20)18-9-11(8-15(16,17)10-18)19-7-6-14(4,5)24(19,21)22/h11H,6-10H2,1-5H3/t11-/m1/s1. The number of hydrogen-bond acceptors (Lipinski definition) is 4. The summed E-state index contributed by atoms with van der Waals surface area (Å²) in [5.74, 6) is -3.15. The van der Waals surface area contributed by atoms with Gasteiger partial charge in [0.05, 0.1) is 11.3 Å². The molecular weight excluding hydrogens is 342 g/mol. The molecule has 24 heavy (non-hydrogen) atoms. The average molecular weight is 368 g/mol. The summed E-state index contributed by atoms with van der Waals surface area (Å²) in [5, 5.41) is 0. The van der Waals surface area contributed by atoms with Crippen LogP contribution in [0, 0.1) is 0 Å². The number of carbonyl (C=O) groups is 1. The molecule has 0 aromatic heterocycles. The number of carbonyl (C=O) groups excluding carboxylic acids is 1. The normalized spacial score (nSPS) is 29.5. The summed E-state index contributed by atoms with van der Waals surface area (Å²) in [6.07, 6.45) is -1.05. The number of amides is 1. The van der Waals surface area contributed by atoms with Crippen molar-refractivity contribution < 1.29 is 26.7 Å². The van der Waals surface area contributed by atoms with E-state index in [4.69, 9.17) is 4.74 Å². The third-order valence-electron chi connectivity index (χ3n) is 4.39. The molecule has 0 aliphatic carbocycles. The van der Waals surface area contributed by atoms with Crippen LogP contribution in [0.25, 0.3) is 0 Å². The molecule has 0 saturated carbocycles. The third kappa shape index (κ3) is 3.82. The van der Waals surface area contributed by atoms with Crippen LogP contribution in [-0.4, -0.2) is 65.7 Å². The van der Waals surface area contributed by atoms with Crippen LogP contribution < -0.4 is 0 Å². The summed E-state index contributed by atoms with van der Waals surface area (Å²) < 4.78 is 58.7. The zero-order valence-electron chi connectivity index (χ0n) is 14.8. The summed E-state index contributed by atoms with van der Waals surface area (Å²) in [6.45, 7) is 7.49. The van der Waals surface area contributed by atoms with Crippen LogP contribution in [0.3, 0.4) is 0 Å². The van der Waals surface area contributed by atoms with Gasteiger partial charge < -0.3 is 9.64 Å². The average Bonchev–Trinajstić information content (AvgIpc) is 2.54. The SMILES string of the molecule is CC(C)(C)OC(=O)N1C[C@H](N2CCC(C)(C)S2(=O)=O)CC(F)(F)C1. The number of ether oxygens (including phenoxy) is 1. The molecule has 6 nitrogen and oxygen atoms in total. The molecule has 9 heteroatoms. The van der Waals surface area contributed by atoms with Gasteiger partial charge in [0.25, 0.3) is 5.92 Å². The van der Waals surface area contributed by atoms with Gasteiger partial charge in [0, 0.05) is 25.6 Å². The van der Waals surface area contributed by atoms with E-state index in [1.165, 1.54) is 0 Å². The maximum Gasteiger partial charge on any atom is 0.410 e. The van der Waals surface area contributed by atoms with Gasteiger partial charge in [-0.2, -0.15) is 4.31 Å². The van der Waals surface area contributed by atoms with E-state index in [-0.39, 0.29) is 13.1 Å². The van der Waals surface area contributed by atoms with Gasteiger partial charge in [0.15, 0.2) is 0 Å². The molecule has 2 aliphatic heterocycles. The first-order chi connectivity index (χ1) is 10.6. The molecule has 1 amide bonds.